The van der Waals surface area contributed by atoms with Crippen molar-refractivity contribution in [1.29, 1.82) is 0 Å². The second kappa shape index (κ2) is 6.35. The molecular formula is C18H15FN2O4. The fourth-order valence-electron chi connectivity index (χ4n) is 2.52. The maximum absolute atomic E-state index is 12.9. The number of carbonyl (C=O) groups is 2. The summed E-state index contributed by atoms with van der Waals surface area (Å²) in [4.78, 5) is 36.0. The Hall–Kier alpha value is -3.22. The van der Waals surface area contributed by atoms with Gasteiger partial charge in [0.05, 0.1) is 5.52 Å². The quantitative estimate of drug-likeness (QED) is 0.739. The van der Waals surface area contributed by atoms with E-state index in [1.54, 1.807) is 19.1 Å². The van der Waals surface area contributed by atoms with E-state index in [1.807, 2.05) is 0 Å². The molecule has 7 heteroatoms. The standard InChI is InChI=1S/C18H15FN2O4/c1-10(17(23)20-14-6-4-13(19)5-7-14)21-15-8-3-12(11(2)22)9-16(15)25-18(21)24/h3-10H,1-2H3,(H,20,23). The number of Topliss-reactive ketones (excluding diaryl/α,β-unsaturated/α-hetero) is 1. The van der Waals surface area contributed by atoms with Crippen LogP contribution in [-0.4, -0.2) is 16.3 Å². The molecule has 1 heterocycles. The number of fused-ring (bicyclic) bond motifs is 1. The van der Waals surface area contributed by atoms with Crippen LogP contribution in [0, 0.1) is 5.82 Å². The number of aromatic nitrogens is 1. The topological polar surface area (TPSA) is 81.3 Å². The number of oxazole rings is 1. The summed E-state index contributed by atoms with van der Waals surface area (Å²) in [6.07, 6.45) is 0. The van der Waals surface area contributed by atoms with Crippen molar-refractivity contribution in [2.45, 2.75) is 19.9 Å². The molecule has 0 fully saturated rings. The molecule has 0 aliphatic heterocycles. The Morgan fingerprint density at radius 1 is 1.16 bits per heavy atom. The zero-order chi connectivity index (χ0) is 18.1. The van der Waals surface area contributed by atoms with Crippen LogP contribution in [0.2, 0.25) is 0 Å². The van der Waals surface area contributed by atoms with Gasteiger partial charge in [-0.05, 0) is 56.3 Å². The van der Waals surface area contributed by atoms with E-state index < -0.39 is 23.5 Å². The molecule has 1 amide bonds. The van der Waals surface area contributed by atoms with Gasteiger partial charge in [0.25, 0.3) is 0 Å². The van der Waals surface area contributed by atoms with Gasteiger partial charge in [-0.2, -0.15) is 0 Å². The number of anilines is 1. The van der Waals surface area contributed by atoms with E-state index in [4.69, 9.17) is 4.42 Å². The summed E-state index contributed by atoms with van der Waals surface area (Å²) in [5.41, 5.74) is 1.48. The third kappa shape index (κ3) is 3.21. The highest BCUT2D eigenvalue weighted by Gasteiger charge is 2.22. The van der Waals surface area contributed by atoms with Gasteiger partial charge in [-0.1, -0.05) is 0 Å². The van der Waals surface area contributed by atoms with Gasteiger partial charge in [-0.25, -0.2) is 9.18 Å². The van der Waals surface area contributed by atoms with Crippen LogP contribution in [0.15, 0.2) is 51.7 Å². The summed E-state index contributed by atoms with van der Waals surface area (Å²) in [6.45, 7) is 2.96. The van der Waals surface area contributed by atoms with Gasteiger partial charge in [0, 0.05) is 11.3 Å². The van der Waals surface area contributed by atoms with Gasteiger partial charge in [0.15, 0.2) is 11.4 Å². The number of rotatable bonds is 4. The van der Waals surface area contributed by atoms with Crippen molar-refractivity contribution in [2.24, 2.45) is 0 Å². The van der Waals surface area contributed by atoms with Crippen LogP contribution in [0.3, 0.4) is 0 Å². The molecule has 6 nitrogen and oxygen atoms in total. The van der Waals surface area contributed by atoms with Gasteiger partial charge in [-0.15, -0.1) is 0 Å². The zero-order valence-corrected chi connectivity index (χ0v) is 13.6. The number of halogens is 1. The van der Waals surface area contributed by atoms with E-state index in [1.165, 1.54) is 41.8 Å². The first-order chi connectivity index (χ1) is 11.9. The summed E-state index contributed by atoms with van der Waals surface area (Å²) < 4.78 is 19.3. The first-order valence-corrected chi connectivity index (χ1v) is 7.59. The normalized spacial score (nSPS) is 12.1. The fraction of sp³-hybridized carbons (Fsp3) is 0.167. The molecule has 3 aromatic rings. The molecule has 0 aliphatic rings. The minimum atomic E-state index is -0.859. The SMILES string of the molecule is CC(=O)c1ccc2c(c1)oc(=O)n2C(C)C(=O)Nc1ccc(F)cc1. The van der Waals surface area contributed by atoms with Crippen molar-refractivity contribution >= 4 is 28.5 Å². The summed E-state index contributed by atoms with van der Waals surface area (Å²) in [7, 11) is 0. The van der Waals surface area contributed by atoms with Gasteiger partial charge < -0.3 is 9.73 Å². The predicted octanol–water partition coefficient (Wildman–Crippen LogP) is 3.14. The molecule has 0 spiro atoms. The Kier molecular flexibility index (Phi) is 4.22. The van der Waals surface area contributed by atoms with Gasteiger partial charge in [-0.3, -0.25) is 14.2 Å². The van der Waals surface area contributed by atoms with Crippen LogP contribution in [0.4, 0.5) is 10.1 Å². The van der Waals surface area contributed by atoms with Crippen molar-refractivity contribution in [2.75, 3.05) is 5.32 Å². The molecular weight excluding hydrogens is 327 g/mol. The lowest BCUT2D eigenvalue weighted by molar-refractivity contribution is -0.118. The average Bonchev–Trinajstić information content (AvgIpc) is 2.90. The molecule has 25 heavy (non-hydrogen) atoms. The Balaban J connectivity index is 1.93. The number of ketones is 1. The molecule has 3 rings (SSSR count). The first kappa shape index (κ1) is 16.6. The number of hydrogen-bond acceptors (Lipinski definition) is 4. The lowest BCUT2D eigenvalue weighted by atomic mass is 10.1. The van der Waals surface area contributed by atoms with Crippen molar-refractivity contribution in [3.8, 4) is 0 Å². The van der Waals surface area contributed by atoms with Crippen LogP contribution in [0.1, 0.15) is 30.2 Å². The highest BCUT2D eigenvalue weighted by molar-refractivity contribution is 5.97. The summed E-state index contributed by atoms with van der Waals surface area (Å²) in [5.74, 6) is -1.71. The largest absolute Gasteiger partial charge is 0.420 e. The van der Waals surface area contributed by atoms with Crippen LogP contribution < -0.4 is 11.1 Å². The number of amides is 1. The Morgan fingerprint density at radius 3 is 2.48 bits per heavy atom. The molecule has 128 valence electrons. The smallest absolute Gasteiger partial charge is 0.408 e. The highest BCUT2D eigenvalue weighted by atomic mass is 19.1. The van der Waals surface area contributed by atoms with E-state index in [0.717, 1.165) is 0 Å². The lowest BCUT2D eigenvalue weighted by Crippen LogP contribution is -2.29. The minimum Gasteiger partial charge on any atom is -0.408 e. The fourth-order valence-corrected chi connectivity index (χ4v) is 2.52. The summed E-state index contributed by atoms with van der Waals surface area (Å²) >= 11 is 0. The van der Waals surface area contributed by atoms with Crippen molar-refractivity contribution in [3.63, 3.8) is 0 Å². The summed E-state index contributed by atoms with van der Waals surface area (Å²) in [5, 5.41) is 2.62. The van der Waals surface area contributed by atoms with E-state index in [9.17, 15) is 18.8 Å². The third-order valence-electron chi connectivity index (χ3n) is 3.90. The second-order valence-electron chi connectivity index (χ2n) is 5.65. The van der Waals surface area contributed by atoms with Gasteiger partial charge in [0.1, 0.15) is 11.9 Å². The molecule has 0 bridgehead atoms. The lowest BCUT2D eigenvalue weighted by Gasteiger charge is -2.13. The molecule has 0 saturated carbocycles. The number of nitrogens with one attached hydrogen (secondary N) is 1. The maximum Gasteiger partial charge on any atom is 0.420 e. The molecule has 0 saturated heterocycles. The van der Waals surface area contributed by atoms with Crippen LogP contribution in [0.5, 0.6) is 0 Å². The molecule has 1 atom stereocenters. The van der Waals surface area contributed by atoms with Crippen LogP contribution in [-0.2, 0) is 4.79 Å². The molecule has 0 aliphatic carbocycles. The van der Waals surface area contributed by atoms with Gasteiger partial charge in [0.2, 0.25) is 5.91 Å². The van der Waals surface area contributed by atoms with E-state index in [-0.39, 0.29) is 11.4 Å². The molecule has 1 N–H and O–H groups in total. The second-order valence-corrected chi connectivity index (χ2v) is 5.65. The van der Waals surface area contributed by atoms with Crippen LogP contribution in [0.25, 0.3) is 11.1 Å². The minimum absolute atomic E-state index is 0.153. The Morgan fingerprint density at radius 2 is 1.84 bits per heavy atom. The van der Waals surface area contributed by atoms with Crippen molar-refractivity contribution in [3.05, 3.63) is 64.4 Å². The van der Waals surface area contributed by atoms with E-state index >= 15 is 0 Å². The first-order valence-electron chi connectivity index (χ1n) is 7.59. The van der Waals surface area contributed by atoms with Gasteiger partial charge >= 0.3 is 5.76 Å². The number of benzene rings is 2. The highest BCUT2D eigenvalue weighted by Crippen LogP contribution is 2.20. The number of nitrogens with zero attached hydrogens (tertiary/aromatic N) is 1. The maximum atomic E-state index is 12.9. The molecule has 2 aromatic carbocycles. The Labute approximate surface area is 141 Å². The molecule has 0 radical (unpaired) electrons. The number of hydrogen-bond donors (Lipinski definition) is 1. The zero-order valence-electron chi connectivity index (χ0n) is 13.6. The van der Waals surface area contributed by atoms with Crippen molar-refractivity contribution in [1.82, 2.24) is 4.57 Å². The van der Waals surface area contributed by atoms with Crippen LogP contribution >= 0.6 is 0 Å². The molecule has 1 aromatic heterocycles. The predicted molar refractivity (Wildman–Crippen MR) is 90.2 cm³/mol. The van der Waals surface area contributed by atoms with E-state index in [2.05, 4.69) is 5.32 Å². The van der Waals surface area contributed by atoms with E-state index in [0.29, 0.717) is 16.8 Å². The van der Waals surface area contributed by atoms with Crippen molar-refractivity contribution < 1.29 is 18.4 Å². The average molecular weight is 342 g/mol. The number of carbonyl (C=O) groups excluding carboxylic acids is 2. The Bertz CT molecular complexity index is 1020. The third-order valence-corrected chi connectivity index (χ3v) is 3.90. The molecule has 1 unspecified atom stereocenters. The summed E-state index contributed by atoms with van der Waals surface area (Å²) in [6, 6.07) is 9.05. The monoisotopic (exact) mass is 342 g/mol.